The van der Waals surface area contributed by atoms with E-state index in [0.29, 0.717) is 11.6 Å². The van der Waals surface area contributed by atoms with Gasteiger partial charge in [0.2, 0.25) is 0 Å². The lowest BCUT2D eigenvalue weighted by Crippen LogP contribution is -2.09. The van der Waals surface area contributed by atoms with Gasteiger partial charge in [-0.1, -0.05) is 39.0 Å². The van der Waals surface area contributed by atoms with Gasteiger partial charge in [0.1, 0.15) is 0 Å². The van der Waals surface area contributed by atoms with Crippen LogP contribution in [0, 0.1) is 0 Å². The summed E-state index contributed by atoms with van der Waals surface area (Å²) in [6.07, 6.45) is 7.92. The largest absolute Gasteiger partial charge is 0.484 e. The number of hydrogen-bond acceptors (Lipinski definition) is 5. The topological polar surface area (TPSA) is 60.2 Å². The Morgan fingerprint density at radius 2 is 1.89 bits per heavy atom. The number of nitrogens with two attached hydrogens (primary N) is 1. The molecule has 1 rings (SSSR count). The molecular formula is C14H27N3OS. The molecule has 4 nitrogen and oxygen atoms in total. The summed E-state index contributed by atoms with van der Waals surface area (Å²) < 4.78 is 9.83. The molecule has 0 saturated heterocycles. The maximum absolute atomic E-state index is 5.81. The van der Waals surface area contributed by atoms with Crippen LogP contribution in [-0.4, -0.2) is 17.0 Å². The molecule has 0 spiro atoms. The van der Waals surface area contributed by atoms with E-state index in [9.17, 15) is 0 Å². The van der Waals surface area contributed by atoms with Crippen molar-refractivity contribution in [1.82, 2.24) is 4.37 Å². The molecule has 1 aromatic rings. The number of nitrogens with zero attached hydrogens (tertiary/aromatic N) is 1. The Morgan fingerprint density at radius 3 is 2.58 bits per heavy atom. The van der Waals surface area contributed by atoms with Crippen molar-refractivity contribution in [3.05, 3.63) is 0 Å². The summed E-state index contributed by atoms with van der Waals surface area (Å²) in [5.41, 5.74) is 5.81. The minimum Gasteiger partial charge on any atom is -0.484 e. The predicted molar refractivity (Wildman–Crippen MR) is 84.2 cm³/mol. The van der Waals surface area contributed by atoms with Crippen molar-refractivity contribution < 1.29 is 4.74 Å². The van der Waals surface area contributed by atoms with Gasteiger partial charge in [0.25, 0.3) is 0 Å². The molecular weight excluding hydrogens is 258 g/mol. The molecule has 0 aliphatic rings. The lowest BCUT2D eigenvalue weighted by atomic mass is 10.1. The summed E-state index contributed by atoms with van der Waals surface area (Å²) in [6.45, 7) is 7.19. The van der Waals surface area contributed by atoms with E-state index in [2.05, 4.69) is 16.6 Å². The highest BCUT2D eigenvalue weighted by atomic mass is 32.1. The van der Waals surface area contributed by atoms with Crippen LogP contribution in [0.1, 0.15) is 59.3 Å². The Balaban J connectivity index is 2.25. The lowest BCUT2D eigenvalue weighted by Gasteiger charge is -2.11. The fraction of sp³-hybridized carbons (Fsp3) is 0.786. The molecule has 0 saturated carbocycles. The average molecular weight is 285 g/mol. The van der Waals surface area contributed by atoms with Gasteiger partial charge in [0, 0.05) is 6.54 Å². The summed E-state index contributed by atoms with van der Waals surface area (Å²) in [7, 11) is 0. The van der Waals surface area contributed by atoms with Crippen molar-refractivity contribution in [2.24, 2.45) is 0 Å². The third-order valence-corrected chi connectivity index (χ3v) is 3.64. The maximum Gasteiger partial charge on any atom is 0.197 e. The normalized spacial score (nSPS) is 10.9. The Labute approximate surface area is 120 Å². The number of rotatable bonds is 10. The number of unbranched alkanes of at least 4 members (excludes halogenated alkanes) is 5. The molecule has 0 radical (unpaired) electrons. The van der Waals surface area contributed by atoms with E-state index in [0.717, 1.165) is 11.5 Å². The highest BCUT2D eigenvalue weighted by Crippen LogP contribution is 2.35. The number of ether oxygens (including phenoxy) is 1. The Bertz CT molecular complexity index is 352. The number of aromatic nitrogens is 1. The number of hydrogen-bond donors (Lipinski definition) is 2. The molecule has 0 bridgehead atoms. The van der Waals surface area contributed by atoms with E-state index in [-0.39, 0.29) is 6.10 Å². The van der Waals surface area contributed by atoms with Gasteiger partial charge in [0.15, 0.2) is 16.6 Å². The van der Waals surface area contributed by atoms with E-state index in [1.165, 1.54) is 50.1 Å². The molecule has 0 amide bonds. The number of nitrogens with one attached hydrogen (secondary N) is 1. The van der Waals surface area contributed by atoms with Gasteiger partial charge >= 0.3 is 0 Å². The molecule has 1 aromatic heterocycles. The zero-order chi connectivity index (χ0) is 14.1. The molecule has 0 unspecified atom stereocenters. The van der Waals surface area contributed by atoms with Gasteiger partial charge in [-0.3, -0.25) is 0 Å². The minimum atomic E-state index is 0.119. The predicted octanol–water partition coefficient (Wildman–Crippen LogP) is 4.28. The summed E-state index contributed by atoms with van der Waals surface area (Å²) >= 11 is 1.38. The minimum absolute atomic E-state index is 0.119. The molecule has 5 heteroatoms. The Hall–Kier alpha value is -0.970. The van der Waals surface area contributed by atoms with Gasteiger partial charge in [-0.15, -0.1) is 0 Å². The first-order valence-electron chi connectivity index (χ1n) is 7.30. The molecule has 19 heavy (non-hydrogen) atoms. The van der Waals surface area contributed by atoms with Gasteiger partial charge in [-0.05, 0) is 31.8 Å². The smallest absolute Gasteiger partial charge is 0.197 e. The summed E-state index contributed by atoms with van der Waals surface area (Å²) in [4.78, 5) is 0. The number of anilines is 2. The van der Waals surface area contributed by atoms with E-state index in [4.69, 9.17) is 10.5 Å². The highest BCUT2D eigenvalue weighted by molar-refractivity contribution is 7.11. The van der Waals surface area contributed by atoms with Crippen LogP contribution >= 0.6 is 11.5 Å². The van der Waals surface area contributed by atoms with Crippen molar-refractivity contribution in [2.75, 3.05) is 17.6 Å². The first-order valence-corrected chi connectivity index (χ1v) is 8.08. The highest BCUT2D eigenvalue weighted by Gasteiger charge is 2.13. The van der Waals surface area contributed by atoms with Gasteiger partial charge in [-0.25, -0.2) is 0 Å². The average Bonchev–Trinajstić information content (AvgIpc) is 2.70. The first kappa shape index (κ1) is 16.1. The molecule has 0 aromatic carbocycles. The summed E-state index contributed by atoms with van der Waals surface area (Å²) in [6, 6.07) is 0. The van der Waals surface area contributed by atoms with Crippen LogP contribution in [0.2, 0.25) is 0 Å². The van der Waals surface area contributed by atoms with Gasteiger partial charge < -0.3 is 15.8 Å². The van der Waals surface area contributed by atoms with E-state index in [1.54, 1.807) is 0 Å². The van der Waals surface area contributed by atoms with Crippen LogP contribution in [0.15, 0.2) is 0 Å². The second kappa shape index (κ2) is 9.02. The second-order valence-electron chi connectivity index (χ2n) is 5.09. The molecule has 0 atom stereocenters. The Kier molecular flexibility index (Phi) is 7.63. The number of nitrogen functional groups attached to an aromatic ring is 1. The van der Waals surface area contributed by atoms with Crippen LogP contribution in [0.25, 0.3) is 0 Å². The molecule has 110 valence electrons. The zero-order valence-electron chi connectivity index (χ0n) is 12.4. The monoisotopic (exact) mass is 285 g/mol. The van der Waals surface area contributed by atoms with E-state index < -0.39 is 0 Å². The zero-order valence-corrected chi connectivity index (χ0v) is 13.2. The fourth-order valence-electron chi connectivity index (χ4n) is 1.86. The van der Waals surface area contributed by atoms with Crippen molar-refractivity contribution >= 4 is 22.4 Å². The van der Waals surface area contributed by atoms with Crippen molar-refractivity contribution in [1.29, 1.82) is 0 Å². The van der Waals surface area contributed by atoms with Crippen LogP contribution < -0.4 is 15.8 Å². The van der Waals surface area contributed by atoms with E-state index >= 15 is 0 Å². The van der Waals surface area contributed by atoms with Crippen molar-refractivity contribution in [3.63, 3.8) is 0 Å². The summed E-state index contributed by atoms with van der Waals surface area (Å²) in [5, 5.41) is 4.34. The molecule has 1 heterocycles. The lowest BCUT2D eigenvalue weighted by molar-refractivity contribution is 0.245. The van der Waals surface area contributed by atoms with Crippen LogP contribution in [-0.2, 0) is 0 Å². The Morgan fingerprint density at radius 1 is 1.21 bits per heavy atom. The first-order chi connectivity index (χ1) is 9.15. The third kappa shape index (κ3) is 6.14. The van der Waals surface area contributed by atoms with Crippen molar-refractivity contribution in [2.45, 2.75) is 65.4 Å². The standard InChI is InChI=1S/C14H27N3OS/c1-4-5-6-7-8-9-10-16-14-12(18-11(2)3)13(15)17-19-14/h11,16H,4-10H2,1-3H3,(H2,15,17). The third-order valence-electron chi connectivity index (χ3n) is 2.84. The maximum atomic E-state index is 5.81. The molecule has 0 fully saturated rings. The quantitative estimate of drug-likeness (QED) is 0.630. The SMILES string of the molecule is CCCCCCCCNc1snc(N)c1OC(C)C. The van der Waals surface area contributed by atoms with Crippen LogP contribution in [0.5, 0.6) is 5.75 Å². The summed E-state index contributed by atoms with van der Waals surface area (Å²) in [5.74, 6) is 1.20. The second-order valence-corrected chi connectivity index (χ2v) is 5.86. The fourth-order valence-corrected chi connectivity index (χ4v) is 2.54. The van der Waals surface area contributed by atoms with Gasteiger partial charge in [0.05, 0.1) is 6.10 Å². The molecule has 0 aliphatic heterocycles. The van der Waals surface area contributed by atoms with E-state index in [1.807, 2.05) is 13.8 Å². The molecule has 3 N–H and O–H groups in total. The van der Waals surface area contributed by atoms with Gasteiger partial charge in [-0.2, -0.15) is 4.37 Å². The van der Waals surface area contributed by atoms with Crippen molar-refractivity contribution in [3.8, 4) is 5.75 Å². The van der Waals surface area contributed by atoms with Crippen LogP contribution in [0.4, 0.5) is 10.8 Å². The molecule has 0 aliphatic carbocycles. The van der Waals surface area contributed by atoms with Crippen LogP contribution in [0.3, 0.4) is 0 Å².